The van der Waals surface area contributed by atoms with Crippen LogP contribution in [-0.4, -0.2) is 38.7 Å². The van der Waals surface area contributed by atoms with Crippen LogP contribution >= 0.6 is 0 Å². The van der Waals surface area contributed by atoms with Crippen molar-refractivity contribution in [1.82, 2.24) is 19.7 Å². The zero-order valence-electron chi connectivity index (χ0n) is 15.7. The normalized spacial score (nSPS) is 14.8. The quantitative estimate of drug-likeness (QED) is 0.715. The highest BCUT2D eigenvalue weighted by atomic mass is 16.1. The van der Waals surface area contributed by atoms with Gasteiger partial charge in [0.1, 0.15) is 11.6 Å². The number of amides is 1. The largest absolute Gasteiger partial charge is 0.355 e. The smallest absolute Gasteiger partial charge is 0.225 e. The number of hydrogen-bond donors (Lipinski definition) is 1. The maximum absolute atomic E-state index is 12.4. The lowest BCUT2D eigenvalue weighted by Crippen LogP contribution is -2.35. The Kier molecular flexibility index (Phi) is 5.61. The molecule has 144 valence electrons. The van der Waals surface area contributed by atoms with Gasteiger partial charge in [-0.25, -0.2) is 9.67 Å². The lowest BCUT2D eigenvalue weighted by Gasteiger charge is -2.33. The van der Waals surface area contributed by atoms with Crippen LogP contribution in [0, 0.1) is 0 Å². The maximum atomic E-state index is 12.4. The standard InChI is InChI=1S/C21H24N6O/c28-21(7-6-17-4-2-1-3-5-17)25-19-8-11-24-27(19)18-9-14-26(15-10-18)20-16-22-12-13-23-20/h1-5,8,11-13,16,18H,6-7,9-10,14-15H2,(H,25,28). The first-order valence-electron chi connectivity index (χ1n) is 9.68. The van der Waals surface area contributed by atoms with Gasteiger partial charge in [-0.2, -0.15) is 5.10 Å². The molecule has 4 rings (SSSR count). The molecule has 0 unspecified atom stereocenters. The SMILES string of the molecule is O=C(CCc1ccccc1)Nc1ccnn1C1CCN(c2cnccn2)CC1. The molecule has 28 heavy (non-hydrogen) atoms. The first-order valence-corrected chi connectivity index (χ1v) is 9.68. The molecule has 1 aromatic carbocycles. The van der Waals surface area contributed by atoms with Gasteiger partial charge in [-0.05, 0) is 24.8 Å². The van der Waals surface area contributed by atoms with Crippen LogP contribution in [0.5, 0.6) is 0 Å². The van der Waals surface area contributed by atoms with E-state index < -0.39 is 0 Å². The number of hydrogen-bond acceptors (Lipinski definition) is 5. The summed E-state index contributed by atoms with van der Waals surface area (Å²) >= 11 is 0. The molecule has 1 amide bonds. The van der Waals surface area contributed by atoms with Crippen molar-refractivity contribution in [3.8, 4) is 0 Å². The zero-order valence-corrected chi connectivity index (χ0v) is 15.7. The first-order chi connectivity index (χ1) is 13.8. The van der Waals surface area contributed by atoms with E-state index in [4.69, 9.17) is 0 Å². The predicted octanol–water partition coefficient (Wildman–Crippen LogP) is 3.09. The fourth-order valence-corrected chi connectivity index (χ4v) is 3.61. The van der Waals surface area contributed by atoms with Gasteiger partial charge in [0.15, 0.2) is 0 Å². The molecule has 0 bridgehead atoms. The highest BCUT2D eigenvalue weighted by molar-refractivity contribution is 5.89. The monoisotopic (exact) mass is 376 g/mol. The Labute approximate surface area is 164 Å². The molecule has 1 aliphatic rings. The highest BCUT2D eigenvalue weighted by Crippen LogP contribution is 2.27. The number of piperidine rings is 1. The summed E-state index contributed by atoms with van der Waals surface area (Å²) in [4.78, 5) is 23.1. The molecule has 1 fully saturated rings. The molecule has 3 heterocycles. The molecule has 0 radical (unpaired) electrons. The Morgan fingerprint density at radius 2 is 1.89 bits per heavy atom. The van der Waals surface area contributed by atoms with Crippen molar-refractivity contribution < 1.29 is 4.79 Å². The molecular formula is C21H24N6O. The van der Waals surface area contributed by atoms with Gasteiger partial charge in [-0.15, -0.1) is 0 Å². The summed E-state index contributed by atoms with van der Waals surface area (Å²) in [5.74, 6) is 1.70. The fraction of sp³-hybridized carbons (Fsp3) is 0.333. The number of nitrogens with zero attached hydrogens (tertiary/aromatic N) is 5. The van der Waals surface area contributed by atoms with Crippen LogP contribution < -0.4 is 10.2 Å². The third-order valence-electron chi connectivity index (χ3n) is 5.11. The average molecular weight is 376 g/mol. The van der Waals surface area contributed by atoms with Gasteiger partial charge >= 0.3 is 0 Å². The van der Waals surface area contributed by atoms with Gasteiger partial charge in [0.05, 0.1) is 18.4 Å². The van der Waals surface area contributed by atoms with Crippen molar-refractivity contribution >= 4 is 17.5 Å². The fourth-order valence-electron chi connectivity index (χ4n) is 3.61. The summed E-state index contributed by atoms with van der Waals surface area (Å²) < 4.78 is 1.95. The molecule has 0 spiro atoms. The maximum Gasteiger partial charge on any atom is 0.225 e. The van der Waals surface area contributed by atoms with E-state index in [1.165, 1.54) is 5.56 Å². The second kappa shape index (κ2) is 8.65. The first kappa shape index (κ1) is 18.2. The minimum Gasteiger partial charge on any atom is -0.355 e. The molecule has 7 nitrogen and oxygen atoms in total. The van der Waals surface area contributed by atoms with Crippen LogP contribution in [0.4, 0.5) is 11.6 Å². The number of aryl methyl sites for hydroxylation is 1. The average Bonchev–Trinajstić information content (AvgIpc) is 3.22. The molecular weight excluding hydrogens is 352 g/mol. The molecule has 1 N–H and O–H groups in total. The molecule has 0 aliphatic carbocycles. The van der Waals surface area contributed by atoms with Gasteiger partial charge in [-0.3, -0.25) is 9.78 Å². The van der Waals surface area contributed by atoms with Gasteiger partial charge in [0.2, 0.25) is 5.91 Å². The van der Waals surface area contributed by atoms with Gasteiger partial charge < -0.3 is 10.2 Å². The number of rotatable bonds is 6. The molecule has 3 aromatic rings. The highest BCUT2D eigenvalue weighted by Gasteiger charge is 2.24. The topological polar surface area (TPSA) is 75.9 Å². The van der Waals surface area contributed by atoms with Crippen LogP contribution in [0.1, 0.15) is 30.9 Å². The van der Waals surface area contributed by atoms with E-state index in [0.717, 1.165) is 44.0 Å². The summed E-state index contributed by atoms with van der Waals surface area (Å²) in [5, 5.41) is 7.49. The Morgan fingerprint density at radius 3 is 2.64 bits per heavy atom. The van der Waals surface area contributed by atoms with Crippen molar-refractivity contribution in [2.75, 3.05) is 23.3 Å². The summed E-state index contributed by atoms with van der Waals surface area (Å²) in [6.45, 7) is 1.79. The molecule has 1 aliphatic heterocycles. The summed E-state index contributed by atoms with van der Waals surface area (Å²) in [6, 6.07) is 12.2. The Hall–Kier alpha value is -3.22. The van der Waals surface area contributed by atoms with Crippen molar-refractivity contribution in [3.05, 3.63) is 66.7 Å². The molecule has 0 saturated carbocycles. The summed E-state index contributed by atoms with van der Waals surface area (Å²) in [7, 11) is 0. The number of nitrogens with one attached hydrogen (secondary N) is 1. The molecule has 0 atom stereocenters. The van der Waals surface area contributed by atoms with E-state index in [-0.39, 0.29) is 11.9 Å². The van der Waals surface area contributed by atoms with E-state index in [9.17, 15) is 4.79 Å². The van der Waals surface area contributed by atoms with E-state index in [1.54, 1.807) is 24.8 Å². The van der Waals surface area contributed by atoms with Crippen molar-refractivity contribution in [2.45, 2.75) is 31.7 Å². The lowest BCUT2D eigenvalue weighted by molar-refractivity contribution is -0.116. The summed E-state index contributed by atoms with van der Waals surface area (Å²) in [5.41, 5.74) is 1.17. The number of benzene rings is 1. The third-order valence-corrected chi connectivity index (χ3v) is 5.11. The molecule has 2 aromatic heterocycles. The summed E-state index contributed by atoms with van der Waals surface area (Å²) in [6.07, 6.45) is 10.0. The van der Waals surface area contributed by atoms with Crippen molar-refractivity contribution in [1.29, 1.82) is 0 Å². The minimum atomic E-state index is 0.0163. The molecule has 1 saturated heterocycles. The van der Waals surface area contributed by atoms with Gasteiger partial charge in [-0.1, -0.05) is 30.3 Å². The van der Waals surface area contributed by atoms with Crippen LogP contribution in [-0.2, 0) is 11.2 Å². The van der Waals surface area contributed by atoms with Crippen LogP contribution in [0.2, 0.25) is 0 Å². The van der Waals surface area contributed by atoms with Crippen molar-refractivity contribution in [3.63, 3.8) is 0 Å². The van der Waals surface area contributed by atoms with Crippen LogP contribution in [0.25, 0.3) is 0 Å². The van der Waals surface area contributed by atoms with Gasteiger partial charge in [0.25, 0.3) is 0 Å². The lowest BCUT2D eigenvalue weighted by atomic mass is 10.1. The van der Waals surface area contributed by atoms with E-state index in [2.05, 4.69) is 25.3 Å². The number of carbonyl (C=O) groups excluding carboxylic acids is 1. The predicted molar refractivity (Wildman–Crippen MR) is 108 cm³/mol. The Balaban J connectivity index is 1.32. The zero-order chi connectivity index (χ0) is 19.2. The van der Waals surface area contributed by atoms with E-state index in [1.807, 2.05) is 41.1 Å². The number of aromatic nitrogens is 4. The van der Waals surface area contributed by atoms with Crippen LogP contribution in [0.3, 0.4) is 0 Å². The van der Waals surface area contributed by atoms with Gasteiger partial charge in [0, 0.05) is 38.0 Å². The second-order valence-electron chi connectivity index (χ2n) is 6.98. The number of carbonyl (C=O) groups is 1. The van der Waals surface area contributed by atoms with Crippen LogP contribution in [0.15, 0.2) is 61.2 Å². The molecule has 7 heteroatoms. The second-order valence-corrected chi connectivity index (χ2v) is 6.98. The minimum absolute atomic E-state index is 0.0163. The number of anilines is 2. The third kappa shape index (κ3) is 4.36. The van der Waals surface area contributed by atoms with E-state index in [0.29, 0.717) is 6.42 Å². The Morgan fingerprint density at radius 1 is 1.07 bits per heavy atom. The van der Waals surface area contributed by atoms with E-state index >= 15 is 0 Å². The van der Waals surface area contributed by atoms with Crippen molar-refractivity contribution in [2.24, 2.45) is 0 Å². The Bertz CT molecular complexity index is 888.